The predicted octanol–water partition coefficient (Wildman–Crippen LogP) is 1.64. The van der Waals surface area contributed by atoms with E-state index in [9.17, 15) is 8.42 Å². The lowest BCUT2D eigenvalue weighted by Gasteiger charge is -1.98. The van der Waals surface area contributed by atoms with Crippen molar-refractivity contribution in [3.63, 3.8) is 0 Å². The zero-order chi connectivity index (χ0) is 12.3. The van der Waals surface area contributed by atoms with Crippen molar-refractivity contribution in [1.29, 1.82) is 0 Å². The van der Waals surface area contributed by atoms with Crippen molar-refractivity contribution in [2.45, 2.75) is 4.90 Å². The Bertz CT molecular complexity index is 613. The van der Waals surface area contributed by atoms with Crippen LogP contribution in [0.1, 0.15) is 11.4 Å². The molecular weight excluding hydrogens is 240 g/mol. The van der Waals surface area contributed by atoms with Crippen molar-refractivity contribution in [3.8, 4) is 0 Å². The fourth-order valence-electron chi connectivity index (χ4n) is 1.25. The Hall–Kier alpha value is -1.95. The van der Waals surface area contributed by atoms with Crippen LogP contribution in [0.2, 0.25) is 0 Å². The molecule has 1 heterocycles. The number of hydrogen-bond acceptors (Lipinski definition) is 5. The highest BCUT2D eigenvalue weighted by atomic mass is 32.2. The summed E-state index contributed by atoms with van der Waals surface area (Å²) < 4.78 is 27.1. The second-order valence-electron chi connectivity index (χ2n) is 3.46. The molecule has 2 rings (SSSR count). The molecule has 0 aliphatic carbocycles. The molecule has 88 valence electrons. The van der Waals surface area contributed by atoms with Crippen molar-refractivity contribution in [1.82, 2.24) is 10.1 Å². The van der Waals surface area contributed by atoms with Crippen molar-refractivity contribution in [2.75, 3.05) is 6.26 Å². The zero-order valence-corrected chi connectivity index (χ0v) is 9.89. The Kier molecular flexibility index (Phi) is 3.06. The highest BCUT2D eigenvalue weighted by molar-refractivity contribution is 7.90. The highest BCUT2D eigenvalue weighted by Gasteiger charge is 2.05. The fourth-order valence-corrected chi connectivity index (χ4v) is 1.88. The molecule has 0 unspecified atom stereocenters. The summed E-state index contributed by atoms with van der Waals surface area (Å²) in [6, 6.07) is 6.55. The van der Waals surface area contributed by atoms with Gasteiger partial charge in [0, 0.05) is 6.26 Å². The predicted molar refractivity (Wildman–Crippen MR) is 62.8 cm³/mol. The van der Waals surface area contributed by atoms with Crippen LogP contribution in [0.3, 0.4) is 0 Å². The van der Waals surface area contributed by atoms with Crippen LogP contribution in [-0.4, -0.2) is 24.8 Å². The summed E-state index contributed by atoms with van der Waals surface area (Å²) in [5, 5.41) is 3.62. The van der Waals surface area contributed by atoms with Gasteiger partial charge < -0.3 is 4.52 Å². The minimum Gasteiger partial charge on any atom is -0.342 e. The molecule has 1 aromatic heterocycles. The lowest BCUT2D eigenvalue weighted by Crippen LogP contribution is -1.95. The molecule has 0 spiro atoms. The number of aromatic nitrogens is 2. The molecule has 0 aliphatic rings. The van der Waals surface area contributed by atoms with Crippen molar-refractivity contribution in [3.05, 3.63) is 42.0 Å². The molecule has 1 aromatic carbocycles. The molecule has 0 radical (unpaired) electrons. The van der Waals surface area contributed by atoms with Crippen LogP contribution < -0.4 is 0 Å². The molecule has 0 atom stereocenters. The average Bonchev–Trinajstić information content (AvgIpc) is 2.78. The summed E-state index contributed by atoms with van der Waals surface area (Å²) in [4.78, 5) is 4.13. The van der Waals surface area contributed by atoms with Gasteiger partial charge >= 0.3 is 0 Å². The van der Waals surface area contributed by atoms with Crippen LogP contribution in [0.15, 0.2) is 40.1 Å². The van der Waals surface area contributed by atoms with E-state index in [0.29, 0.717) is 10.7 Å². The lowest BCUT2D eigenvalue weighted by atomic mass is 10.2. The van der Waals surface area contributed by atoms with E-state index in [1.54, 1.807) is 36.4 Å². The second-order valence-corrected chi connectivity index (χ2v) is 5.48. The van der Waals surface area contributed by atoms with Gasteiger partial charge in [-0.1, -0.05) is 23.4 Å². The smallest absolute Gasteiger partial charge is 0.214 e. The van der Waals surface area contributed by atoms with E-state index in [-0.39, 0.29) is 0 Å². The summed E-state index contributed by atoms with van der Waals surface area (Å²) in [6.45, 7) is 0. The maximum atomic E-state index is 11.2. The first kappa shape index (κ1) is 11.5. The van der Waals surface area contributed by atoms with Crippen molar-refractivity contribution < 1.29 is 12.9 Å². The van der Waals surface area contributed by atoms with Crippen LogP contribution in [0.4, 0.5) is 0 Å². The average molecular weight is 250 g/mol. The van der Waals surface area contributed by atoms with Crippen LogP contribution in [0, 0.1) is 0 Å². The molecular formula is C11H10N2O3S. The molecule has 0 saturated carbocycles. The molecule has 0 bridgehead atoms. The highest BCUT2D eigenvalue weighted by Crippen LogP contribution is 2.12. The van der Waals surface area contributed by atoms with Gasteiger partial charge in [0.2, 0.25) is 6.39 Å². The van der Waals surface area contributed by atoms with E-state index in [4.69, 9.17) is 0 Å². The van der Waals surface area contributed by atoms with Crippen LogP contribution >= 0.6 is 0 Å². The zero-order valence-electron chi connectivity index (χ0n) is 9.07. The maximum absolute atomic E-state index is 11.2. The van der Waals surface area contributed by atoms with Crippen molar-refractivity contribution >= 4 is 22.0 Å². The fraction of sp³-hybridized carbons (Fsp3) is 0.0909. The van der Waals surface area contributed by atoms with Crippen LogP contribution in [-0.2, 0) is 9.84 Å². The second kappa shape index (κ2) is 4.50. The van der Waals surface area contributed by atoms with E-state index >= 15 is 0 Å². The van der Waals surface area contributed by atoms with Crippen molar-refractivity contribution in [2.24, 2.45) is 0 Å². The quantitative estimate of drug-likeness (QED) is 0.828. The molecule has 0 aliphatic heterocycles. The number of nitrogens with zero attached hydrogens (tertiary/aromatic N) is 2. The maximum Gasteiger partial charge on any atom is 0.214 e. The van der Waals surface area contributed by atoms with Gasteiger partial charge in [-0.3, -0.25) is 0 Å². The minimum absolute atomic E-state index is 0.300. The number of benzene rings is 1. The molecule has 0 fully saturated rings. The molecule has 0 N–H and O–H groups in total. The van der Waals surface area contributed by atoms with Crippen LogP contribution in [0.25, 0.3) is 12.2 Å². The Labute approximate surface area is 98.7 Å². The van der Waals surface area contributed by atoms with Gasteiger partial charge in [-0.05, 0) is 23.8 Å². The Balaban J connectivity index is 2.19. The summed E-state index contributed by atoms with van der Waals surface area (Å²) >= 11 is 0. The molecule has 5 nitrogen and oxygen atoms in total. The molecule has 2 aromatic rings. The van der Waals surface area contributed by atoms with E-state index < -0.39 is 9.84 Å². The van der Waals surface area contributed by atoms with E-state index in [1.165, 1.54) is 12.6 Å². The Morgan fingerprint density at radius 3 is 2.41 bits per heavy atom. The standard InChI is InChI=1S/C11H10N2O3S/c1-17(14,15)10-5-2-9(3-6-10)4-7-11-12-8-16-13-11/h2-8H,1H3/b7-4-. The number of rotatable bonds is 3. The lowest BCUT2D eigenvalue weighted by molar-refractivity contribution is 0.415. The van der Waals surface area contributed by atoms with E-state index in [1.807, 2.05) is 0 Å². The topological polar surface area (TPSA) is 73.1 Å². The van der Waals surface area contributed by atoms with Gasteiger partial charge in [0.05, 0.1) is 4.90 Å². The monoisotopic (exact) mass is 250 g/mol. The first-order valence-corrected chi connectivity index (χ1v) is 6.69. The van der Waals surface area contributed by atoms with Gasteiger partial charge in [-0.15, -0.1) is 0 Å². The Morgan fingerprint density at radius 2 is 1.88 bits per heavy atom. The minimum atomic E-state index is -3.14. The third kappa shape index (κ3) is 3.01. The molecule has 0 saturated heterocycles. The number of sulfone groups is 1. The molecule has 6 heteroatoms. The third-order valence-electron chi connectivity index (χ3n) is 2.11. The van der Waals surface area contributed by atoms with Gasteiger partial charge in [0.25, 0.3) is 0 Å². The van der Waals surface area contributed by atoms with Gasteiger partial charge in [-0.25, -0.2) is 8.42 Å². The normalized spacial score (nSPS) is 12.1. The van der Waals surface area contributed by atoms with E-state index in [2.05, 4.69) is 14.7 Å². The van der Waals surface area contributed by atoms with Gasteiger partial charge in [0.15, 0.2) is 15.7 Å². The van der Waals surface area contributed by atoms with Gasteiger partial charge in [-0.2, -0.15) is 4.98 Å². The molecule has 0 amide bonds. The first-order valence-electron chi connectivity index (χ1n) is 4.80. The van der Waals surface area contributed by atoms with Gasteiger partial charge in [0.1, 0.15) is 0 Å². The third-order valence-corrected chi connectivity index (χ3v) is 3.24. The molecule has 17 heavy (non-hydrogen) atoms. The van der Waals surface area contributed by atoms with Crippen LogP contribution in [0.5, 0.6) is 0 Å². The van der Waals surface area contributed by atoms with E-state index in [0.717, 1.165) is 5.56 Å². The SMILES string of the molecule is CS(=O)(=O)c1ccc(/C=C\c2ncon2)cc1. The summed E-state index contributed by atoms with van der Waals surface area (Å²) in [6.07, 6.45) is 5.87. The number of hydrogen-bond donors (Lipinski definition) is 0. The summed E-state index contributed by atoms with van der Waals surface area (Å²) in [7, 11) is -3.14. The largest absolute Gasteiger partial charge is 0.342 e. The first-order chi connectivity index (χ1) is 8.05. The summed E-state index contributed by atoms with van der Waals surface area (Å²) in [5.74, 6) is 0.470. The Morgan fingerprint density at radius 1 is 1.18 bits per heavy atom. The summed E-state index contributed by atoms with van der Waals surface area (Å²) in [5.41, 5.74) is 0.863.